The van der Waals surface area contributed by atoms with Crippen molar-refractivity contribution in [3.05, 3.63) is 64.7 Å². The van der Waals surface area contributed by atoms with Gasteiger partial charge in [-0.15, -0.1) is 0 Å². The number of aromatic nitrogens is 1. The van der Waals surface area contributed by atoms with E-state index in [-0.39, 0.29) is 17.8 Å². The topological polar surface area (TPSA) is 33.2 Å². The van der Waals surface area contributed by atoms with Gasteiger partial charge in [-0.05, 0) is 36.6 Å². The highest BCUT2D eigenvalue weighted by molar-refractivity contribution is 6.33. The van der Waals surface area contributed by atoms with Crippen molar-refractivity contribution in [3.8, 4) is 0 Å². The maximum absolute atomic E-state index is 13.3. The molecule has 5 heteroatoms. The highest BCUT2D eigenvalue weighted by atomic mass is 35.5. The molecule has 0 aliphatic heterocycles. The highest BCUT2D eigenvalue weighted by Crippen LogP contribution is 2.31. The minimum atomic E-state index is -0.294. The first kappa shape index (κ1) is 14.0. The Labute approximate surface area is 127 Å². The van der Waals surface area contributed by atoms with Crippen LogP contribution in [0, 0.1) is 5.82 Å². The molecule has 0 saturated heterocycles. The number of amides is 1. The van der Waals surface area contributed by atoms with Gasteiger partial charge < -0.3 is 4.90 Å². The van der Waals surface area contributed by atoms with Gasteiger partial charge in [-0.25, -0.2) is 4.39 Å². The Morgan fingerprint density at radius 3 is 2.86 bits per heavy atom. The molecule has 2 aromatic rings. The molecule has 0 unspecified atom stereocenters. The monoisotopic (exact) mass is 304 g/mol. The lowest BCUT2D eigenvalue weighted by molar-refractivity contribution is 0.0730. The molecule has 0 atom stereocenters. The van der Waals surface area contributed by atoms with Gasteiger partial charge in [0.25, 0.3) is 5.91 Å². The van der Waals surface area contributed by atoms with E-state index in [0.717, 1.165) is 18.4 Å². The molecule has 1 aliphatic rings. The third kappa shape index (κ3) is 3.22. The molecule has 1 saturated carbocycles. The lowest BCUT2D eigenvalue weighted by atomic mass is 10.1. The molecule has 1 aliphatic carbocycles. The zero-order valence-electron chi connectivity index (χ0n) is 11.3. The van der Waals surface area contributed by atoms with E-state index in [2.05, 4.69) is 4.98 Å². The van der Waals surface area contributed by atoms with Crippen LogP contribution in [-0.2, 0) is 6.54 Å². The second kappa shape index (κ2) is 5.82. The predicted molar refractivity (Wildman–Crippen MR) is 78.5 cm³/mol. The number of hydrogen-bond donors (Lipinski definition) is 0. The fraction of sp³-hybridized carbons (Fsp3) is 0.250. The SMILES string of the molecule is O=C(c1ccncc1Cl)N(Cc1cccc(F)c1)C1CC1. The molecular formula is C16H14ClFN2O. The number of pyridine rings is 1. The van der Waals surface area contributed by atoms with E-state index >= 15 is 0 Å². The molecule has 1 amide bonds. The lowest BCUT2D eigenvalue weighted by Gasteiger charge is -2.23. The van der Waals surface area contributed by atoms with Crippen LogP contribution in [0.4, 0.5) is 4.39 Å². The number of hydrogen-bond acceptors (Lipinski definition) is 2. The van der Waals surface area contributed by atoms with E-state index in [0.29, 0.717) is 17.1 Å². The van der Waals surface area contributed by atoms with Gasteiger partial charge in [-0.3, -0.25) is 9.78 Å². The summed E-state index contributed by atoms with van der Waals surface area (Å²) in [5.74, 6) is -0.424. The highest BCUT2D eigenvalue weighted by Gasteiger charge is 2.33. The molecule has 3 rings (SSSR count). The van der Waals surface area contributed by atoms with Crippen molar-refractivity contribution in [2.45, 2.75) is 25.4 Å². The van der Waals surface area contributed by atoms with Crippen LogP contribution >= 0.6 is 11.6 Å². The van der Waals surface area contributed by atoms with Crippen LogP contribution in [0.3, 0.4) is 0 Å². The zero-order valence-corrected chi connectivity index (χ0v) is 12.1. The molecule has 0 N–H and O–H groups in total. The smallest absolute Gasteiger partial charge is 0.256 e. The second-order valence-electron chi connectivity index (χ2n) is 5.15. The largest absolute Gasteiger partial charge is 0.331 e. The number of benzene rings is 1. The second-order valence-corrected chi connectivity index (χ2v) is 5.56. The normalized spacial score (nSPS) is 14.0. The molecule has 0 bridgehead atoms. The Morgan fingerprint density at radius 2 is 2.19 bits per heavy atom. The van der Waals surface area contributed by atoms with Crippen molar-refractivity contribution in [1.82, 2.24) is 9.88 Å². The van der Waals surface area contributed by atoms with Crippen molar-refractivity contribution in [1.29, 1.82) is 0 Å². The van der Waals surface area contributed by atoms with Crippen molar-refractivity contribution < 1.29 is 9.18 Å². The van der Waals surface area contributed by atoms with Gasteiger partial charge in [0.2, 0.25) is 0 Å². The summed E-state index contributed by atoms with van der Waals surface area (Å²) in [4.78, 5) is 18.3. The van der Waals surface area contributed by atoms with Gasteiger partial charge in [0.05, 0.1) is 10.6 Å². The minimum absolute atomic E-state index is 0.130. The summed E-state index contributed by atoms with van der Waals surface area (Å²) in [6, 6.07) is 8.15. The molecule has 1 heterocycles. The van der Waals surface area contributed by atoms with E-state index < -0.39 is 0 Å². The first-order chi connectivity index (χ1) is 10.1. The summed E-state index contributed by atoms with van der Waals surface area (Å²) in [5, 5.41) is 0.340. The van der Waals surface area contributed by atoms with Crippen LogP contribution in [0.1, 0.15) is 28.8 Å². The van der Waals surface area contributed by atoms with E-state index in [9.17, 15) is 9.18 Å². The van der Waals surface area contributed by atoms with Gasteiger partial charge in [0.15, 0.2) is 0 Å². The zero-order chi connectivity index (χ0) is 14.8. The predicted octanol–water partition coefficient (Wildman–Crippen LogP) is 3.68. The third-order valence-electron chi connectivity index (χ3n) is 3.49. The van der Waals surface area contributed by atoms with Crippen LogP contribution in [0.5, 0.6) is 0 Å². The summed E-state index contributed by atoms with van der Waals surface area (Å²) in [5.41, 5.74) is 1.22. The van der Waals surface area contributed by atoms with E-state index in [4.69, 9.17) is 11.6 Å². The molecule has 21 heavy (non-hydrogen) atoms. The van der Waals surface area contributed by atoms with Crippen molar-refractivity contribution in [2.75, 3.05) is 0 Å². The van der Waals surface area contributed by atoms with Gasteiger partial charge in [-0.1, -0.05) is 23.7 Å². The standard InChI is InChI=1S/C16H14ClFN2O/c17-15-9-19-7-6-14(15)16(21)20(13-4-5-13)10-11-2-1-3-12(18)8-11/h1-3,6-9,13H,4-5,10H2. The van der Waals surface area contributed by atoms with E-state index in [1.54, 1.807) is 23.2 Å². The van der Waals surface area contributed by atoms with Gasteiger partial charge in [-0.2, -0.15) is 0 Å². The molecule has 3 nitrogen and oxygen atoms in total. The fourth-order valence-corrected chi connectivity index (χ4v) is 2.49. The average Bonchev–Trinajstić information content (AvgIpc) is 3.29. The van der Waals surface area contributed by atoms with Crippen molar-refractivity contribution in [2.24, 2.45) is 0 Å². The Bertz CT molecular complexity index is 673. The average molecular weight is 305 g/mol. The quantitative estimate of drug-likeness (QED) is 0.863. The third-order valence-corrected chi connectivity index (χ3v) is 3.79. The van der Waals surface area contributed by atoms with Crippen LogP contribution < -0.4 is 0 Å². The van der Waals surface area contributed by atoms with Gasteiger partial charge in [0.1, 0.15) is 5.82 Å². The molecule has 1 fully saturated rings. The maximum Gasteiger partial charge on any atom is 0.256 e. The maximum atomic E-state index is 13.3. The Morgan fingerprint density at radius 1 is 1.38 bits per heavy atom. The fourth-order valence-electron chi connectivity index (χ4n) is 2.29. The summed E-state index contributed by atoms with van der Waals surface area (Å²) in [7, 11) is 0. The van der Waals surface area contributed by atoms with Crippen LogP contribution in [0.25, 0.3) is 0 Å². The Kier molecular flexibility index (Phi) is 3.88. The number of rotatable bonds is 4. The molecule has 0 spiro atoms. The van der Waals surface area contributed by atoms with Crippen LogP contribution in [-0.4, -0.2) is 21.8 Å². The summed E-state index contributed by atoms with van der Waals surface area (Å²) >= 11 is 6.05. The Hall–Kier alpha value is -1.94. The van der Waals surface area contributed by atoms with Crippen molar-refractivity contribution >= 4 is 17.5 Å². The number of nitrogens with zero attached hydrogens (tertiary/aromatic N) is 2. The van der Waals surface area contributed by atoms with Gasteiger partial charge in [0, 0.05) is 25.0 Å². The molecule has 1 aromatic carbocycles. The number of halogens is 2. The van der Waals surface area contributed by atoms with Crippen LogP contribution in [0.15, 0.2) is 42.7 Å². The number of carbonyl (C=O) groups excluding carboxylic acids is 1. The lowest BCUT2D eigenvalue weighted by Crippen LogP contribution is -2.32. The van der Waals surface area contributed by atoms with E-state index in [1.807, 2.05) is 6.07 Å². The van der Waals surface area contributed by atoms with Gasteiger partial charge >= 0.3 is 0 Å². The number of carbonyl (C=O) groups is 1. The first-order valence-corrected chi connectivity index (χ1v) is 7.18. The van der Waals surface area contributed by atoms with Crippen LogP contribution in [0.2, 0.25) is 5.02 Å². The molecule has 0 radical (unpaired) electrons. The van der Waals surface area contributed by atoms with E-state index in [1.165, 1.54) is 18.3 Å². The summed E-state index contributed by atoms with van der Waals surface area (Å²) in [6.07, 6.45) is 4.96. The molecular weight excluding hydrogens is 291 g/mol. The first-order valence-electron chi connectivity index (χ1n) is 6.80. The summed E-state index contributed by atoms with van der Waals surface area (Å²) in [6.45, 7) is 0.389. The molecule has 108 valence electrons. The summed E-state index contributed by atoms with van der Waals surface area (Å²) < 4.78 is 13.3. The minimum Gasteiger partial charge on any atom is -0.331 e. The van der Waals surface area contributed by atoms with Crippen molar-refractivity contribution in [3.63, 3.8) is 0 Å². The Balaban J connectivity index is 1.85. The molecule has 1 aromatic heterocycles.